The molecular formula is C20H26N2O5S3. The molecule has 1 aromatic carbocycles. The van der Waals surface area contributed by atoms with Gasteiger partial charge < -0.3 is 5.32 Å². The molecule has 30 heavy (non-hydrogen) atoms. The van der Waals surface area contributed by atoms with Crippen LogP contribution in [-0.4, -0.2) is 51.9 Å². The summed E-state index contributed by atoms with van der Waals surface area (Å²) in [6, 6.07) is 11.2. The SMILES string of the molecule is O=C(CCS(=O)(=O)c1ccccc1)NCCC1CCCCN1S(=O)(=O)c1cccs1. The lowest BCUT2D eigenvalue weighted by molar-refractivity contribution is -0.120. The fraction of sp³-hybridized carbons (Fsp3) is 0.450. The Morgan fingerprint density at radius 1 is 1.07 bits per heavy atom. The number of nitrogens with zero attached hydrogens (tertiary/aromatic N) is 1. The number of sulfone groups is 1. The second-order valence-corrected chi connectivity index (χ2v) is 12.4. The quantitative estimate of drug-likeness (QED) is 0.607. The van der Waals surface area contributed by atoms with Crippen LogP contribution in [0.5, 0.6) is 0 Å². The summed E-state index contributed by atoms with van der Waals surface area (Å²) in [5.41, 5.74) is 0. The predicted octanol–water partition coefficient (Wildman–Crippen LogP) is 2.66. The second-order valence-electron chi connectivity index (χ2n) is 7.22. The van der Waals surface area contributed by atoms with Crippen LogP contribution in [0.1, 0.15) is 32.1 Å². The molecule has 10 heteroatoms. The molecule has 1 atom stereocenters. The van der Waals surface area contributed by atoms with Gasteiger partial charge in [-0.2, -0.15) is 4.31 Å². The molecule has 1 aromatic heterocycles. The molecule has 1 unspecified atom stereocenters. The summed E-state index contributed by atoms with van der Waals surface area (Å²) >= 11 is 1.21. The number of thiophene rings is 1. The molecule has 3 rings (SSSR count). The van der Waals surface area contributed by atoms with Crippen LogP contribution in [0.25, 0.3) is 0 Å². The molecule has 164 valence electrons. The Morgan fingerprint density at radius 3 is 2.53 bits per heavy atom. The highest BCUT2D eigenvalue weighted by Crippen LogP contribution is 2.29. The fourth-order valence-corrected chi connectivity index (χ4v) is 7.65. The molecule has 0 saturated carbocycles. The van der Waals surface area contributed by atoms with E-state index in [-0.39, 0.29) is 29.0 Å². The average molecular weight is 471 g/mol. The van der Waals surface area contributed by atoms with Crippen molar-refractivity contribution in [1.29, 1.82) is 0 Å². The molecule has 0 bridgehead atoms. The molecule has 1 N–H and O–H groups in total. The minimum atomic E-state index is -3.52. The highest BCUT2D eigenvalue weighted by atomic mass is 32.2. The summed E-state index contributed by atoms with van der Waals surface area (Å²) in [7, 11) is -7.02. The zero-order valence-electron chi connectivity index (χ0n) is 16.6. The van der Waals surface area contributed by atoms with Crippen LogP contribution < -0.4 is 5.32 Å². The Bertz CT molecular complexity index is 1040. The topological polar surface area (TPSA) is 101 Å². The summed E-state index contributed by atoms with van der Waals surface area (Å²) in [5.74, 6) is -0.608. The van der Waals surface area contributed by atoms with Crippen LogP contribution in [-0.2, 0) is 24.7 Å². The van der Waals surface area contributed by atoms with Gasteiger partial charge in [0.05, 0.1) is 10.6 Å². The van der Waals surface area contributed by atoms with E-state index < -0.39 is 19.9 Å². The normalized spacial score (nSPS) is 18.2. The first-order valence-corrected chi connectivity index (χ1v) is 13.9. The van der Waals surface area contributed by atoms with Gasteiger partial charge in [-0.15, -0.1) is 11.3 Å². The summed E-state index contributed by atoms with van der Waals surface area (Å²) in [6.07, 6.45) is 2.90. The molecule has 1 saturated heterocycles. The van der Waals surface area contributed by atoms with Gasteiger partial charge in [0.15, 0.2) is 9.84 Å². The molecule has 2 heterocycles. The van der Waals surface area contributed by atoms with Gasteiger partial charge in [-0.3, -0.25) is 4.79 Å². The van der Waals surface area contributed by atoms with Gasteiger partial charge >= 0.3 is 0 Å². The highest BCUT2D eigenvalue weighted by molar-refractivity contribution is 7.91. The maximum Gasteiger partial charge on any atom is 0.252 e. The lowest BCUT2D eigenvalue weighted by Gasteiger charge is -2.34. The Morgan fingerprint density at radius 2 is 1.83 bits per heavy atom. The third-order valence-electron chi connectivity index (χ3n) is 5.13. The van der Waals surface area contributed by atoms with Gasteiger partial charge in [0, 0.05) is 25.6 Å². The van der Waals surface area contributed by atoms with Crippen molar-refractivity contribution in [3.05, 3.63) is 47.8 Å². The van der Waals surface area contributed by atoms with Crippen LogP contribution >= 0.6 is 11.3 Å². The number of hydrogen-bond donors (Lipinski definition) is 1. The number of carbonyl (C=O) groups is 1. The van der Waals surface area contributed by atoms with Crippen molar-refractivity contribution in [2.24, 2.45) is 0 Å². The maximum absolute atomic E-state index is 12.9. The number of benzene rings is 1. The molecule has 0 spiro atoms. The zero-order valence-corrected chi connectivity index (χ0v) is 19.0. The van der Waals surface area contributed by atoms with Crippen LogP contribution in [0.4, 0.5) is 0 Å². The van der Waals surface area contributed by atoms with Crippen molar-refractivity contribution in [3.8, 4) is 0 Å². The number of amides is 1. The van der Waals surface area contributed by atoms with Gasteiger partial charge in [0.1, 0.15) is 4.21 Å². The molecule has 1 aliphatic heterocycles. The van der Waals surface area contributed by atoms with E-state index >= 15 is 0 Å². The molecule has 7 nitrogen and oxygen atoms in total. The largest absolute Gasteiger partial charge is 0.356 e. The van der Waals surface area contributed by atoms with Crippen molar-refractivity contribution in [2.45, 2.75) is 47.3 Å². The lowest BCUT2D eigenvalue weighted by atomic mass is 10.0. The number of hydrogen-bond acceptors (Lipinski definition) is 6. The summed E-state index contributed by atoms with van der Waals surface area (Å²) in [5, 5.41) is 4.48. The number of carbonyl (C=O) groups excluding carboxylic acids is 1. The van der Waals surface area contributed by atoms with E-state index in [4.69, 9.17) is 0 Å². The van der Waals surface area contributed by atoms with E-state index in [9.17, 15) is 21.6 Å². The van der Waals surface area contributed by atoms with Crippen LogP contribution in [0.2, 0.25) is 0 Å². The van der Waals surface area contributed by atoms with Gasteiger partial charge in [-0.25, -0.2) is 16.8 Å². The molecule has 0 aliphatic carbocycles. The molecule has 0 radical (unpaired) electrons. The van der Waals surface area contributed by atoms with E-state index in [2.05, 4.69) is 5.32 Å². The summed E-state index contributed by atoms with van der Waals surface area (Å²) < 4.78 is 52.2. The Labute approximate surface area is 182 Å². The summed E-state index contributed by atoms with van der Waals surface area (Å²) in [6.45, 7) is 0.791. The van der Waals surface area contributed by atoms with Gasteiger partial charge in [-0.05, 0) is 42.8 Å². The third-order valence-corrected chi connectivity index (χ3v) is 10.2. The molecule has 1 amide bonds. The Kier molecular flexibility index (Phi) is 7.67. The highest BCUT2D eigenvalue weighted by Gasteiger charge is 2.33. The van der Waals surface area contributed by atoms with E-state index in [1.54, 1.807) is 40.0 Å². The number of rotatable bonds is 9. The standard InChI is InChI=1S/C20H26N2O5S3/c23-19(12-16-29(24,25)18-8-2-1-3-9-18)21-13-11-17-7-4-5-14-22(17)30(26,27)20-10-6-15-28-20/h1-3,6,8-10,15,17H,4-5,7,11-14,16H2,(H,21,23). The monoisotopic (exact) mass is 470 g/mol. The van der Waals surface area contributed by atoms with E-state index in [1.807, 2.05) is 0 Å². The van der Waals surface area contributed by atoms with E-state index in [0.29, 0.717) is 23.7 Å². The zero-order chi connectivity index (χ0) is 21.6. The average Bonchev–Trinajstić information content (AvgIpc) is 3.29. The first-order chi connectivity index (χ1) is 14.3. The molecule has 2 aromatic rings. The molecule has 1 aliphatic rings. The summed E-state index contributed by atoms with van der Waals surface area (Å²) in [4.78, 5) is 12.3. The van der Waals surface area contributed by atoms with Crippen molar-refractivity contribution < 1.29 is 21.6 Å². The first kappa shape index (κ1) is 22.9. The van der Waals surface area contributed by atoms with Crippen LogP contribution in [0.3, 0.4) is 0 Å². The minimum Gasteiger partial charge on any atom is -0.356 e. The Hall–Kier alpha value is -1.75. The van der Waals surface area contributed by atoms with Crippen molar-refractivity contribution in [1.82, 2.24) is 9.62 Å². The third kappa shape index (κ3) is 5.69. The maximum atomic E-state index is 12.9. The van der Waals surface area contributed by atoms with Crippen molar-refractivity contribution >= 4 is 37.1 Å². The van der Waals surface area contributed by atoms with Crippen LogP contribution in [0, 0.1) is 0 Å². The second kappa shape index (κ2) is 10.0. The Balaban J connectivity index is 1.50. The minimum absolute atomic E-state index is 0.126. The van der Waals surface area contributed by atoms with Gasteiger partial charge in [-0.1, -0.05) is 30.7 Å². The fourth-order valence-electron chi connectivity index (χ4n) is 3.54. The van der Waals surface area contributed by atoms with Gasteiger partial charge in [0.2, 0.25) is 5.91 Å². The molecule has 1 fully saturated rings. The smallest absolute Gasteiger partial charge is 0.252 e. The van der Waals surface area contributed by atoms with Gasteiger partial charge in [0.25, 0.3) is 10.0 Å². The molecular weight excluding hydrogens is 444 g/mol. The first-order valence-electron chi connectivity index (χ1n) is 9.90. The van der Waals surface area contributed by atoms with Crippen molar-refractivity contribution in [2.75, 3.05) is 18.8 Å². The predicted molar refractivity (Wildman–Crippen MR) is 117 cm³/mol. The number of sulfonamides is 1. The van der Waals surface area contributed by atoms with E-state index in [0.717, 1.165) is 19.3 Å². The van der Waals surface area contributed by atoms with Crippen LogP contribution in [0.15, 0.2) is 56.9 Å². The van der Waals surface area contributed by atoms with E-state index in [1.165, 1.54) is 23.5 Å². The number of piperidine rings is 1. The van der Waals surface area contributed by atoms with Crippen molar-refractivity contribution in [3.63, 3.8) is 0 Å². The lowest BCUT2D eigenvalue weighted by Crippen LogP contribution is -2.45. The number of nitrogens with one attached hydrogen (secondary N) is 1.